The van der Waals surface area contributed by atoms with E-state index >= 15 is 0 Å². The first kappa shape index (κ1) is 23.2. The Morgan fingerprint density at radius 3 is 2.39 bits per heavy atom. The van der Waals surface area contributed by atoms with E-state index in [1.165, 1.54) is 16.7 Å². The van der Waals surface area contributed by atoms with Crippen molar-refractivity contribution in [3.05, 3.63) is 100 Å². The van der Waals surface area contributed by atoms with Crippen LogP contribution in [0.3, 0.4) is 0 Å². The van der Waals surface area contributed by atoms with E-state index in [1.54, 1.807) is 12.4 Å². The average molecular weight is 500 g/mol. The Balaban J connectivity index is 1.18. The molecule has 1 saturated carbocycles. The van der Waals surface area contributed by atoms with Crippen LogP contribution in [0, 0.1) is 11.3 Å². The highest BCUT2D eigenvalue weighted by atomic mass is 35.5. The lowest BCUT2D eigenvalue weighted by molar-refractivity contribution is -0.149. The molecule has 2 atom stereocenters. The van der Waals surface area contributed by atoms with Gasteiger partial charge in [-0.05, 0) is 78.1 Å². The minimum atomic E-state index is -0.463. The predicted octanol–water partition coefficient (Wildman–Crippen LogP) is 5.23. The Hall–Kier alpha value is -3.18. The summed E-state index contributed by atoms with van der Waals surface area (Å²) in [6, 6.07) is 20.2. The monoisotopic (exact) mass is 499 g/mol. The maximum absolute atomic E-state index is 14.1. The lowest BCUT2D eigenvalue weighted by Crippen LogP contribution is -2.51. The van der Waals surface area contributed by atoms with E-state index in [4.69, 9.17) is 11.6 Å². The maximum atomic E-state index is 14.1. The number of nitrogens with zero attached hydrogens (tertiary/aromatic N) is 3. The average Bonchev–Trinajstić information content (AvgIpc) is 3.72. The van der Waals surface area contributed by atoms with E-state index in [9.17, 15) is 9.59 Å². The van der Waals surface area contributed by atoms with E-state index in [0.717, 1.165) is 23.4 Å². The first-order valence-electron chi connectivity index (χ1n) is 12.8. The van der Waals surface area contributed by atoms with Gasteiger partial charge in [0.15, 0.2) is 0 Å². The van der Waals surface area contributed by atoms with Crippen molar-refractivity contribution in [3.8, 4) is 0 Å². The predicted molar refractivity (Wildman–Crippen MR) is 139 cm³/mol. The molecule has 6 heteroatoms. The highest BCUT2D eigenvalue weighted by Gasteiger charge is 2.50. The van der Waals surface area contributed by atoms with Gasteiger partial charge in [-0.15, -0.1) is 0 Å². The summed E-state index contributed by atoms with van der Waals surface area (Å²) < 4.78 is 0. The van der Waals surface area contributed by atoms with E-state index < -0.39 is 5.41 Å². The van der Waals surface area contributed by atoms with Crippen molar-refractivity contribution in [3.63, 3.8) is 0 Å². The number of halogens is 1. The van der Waals surface area contributed by atoms with Crippen LogP contribution in [0.1, 0.15) is 47.4 Å². The molecule has 3 aliphatic rings. The van der Waals surface area contributed by atoms with Crippen molar-refractivity contribution in [1.29, 1.82) is 0 Å². The van der Waals surface area contributed by atoms with Crippen LogP contribution >= 0.6 is 11.6 Å². The Kier molecular flexibility index (Phi) is 6.04. The van der Waals surface area contributed by atoms with Crippen LogP contribution in [0.4, 0.5) is 0 Å². The molecule has 1 aliphatic carbocycles. The van der Waals surface area contributed by atoms with Gasteiger partial charge in [0.2, 0.25) is 11.8 Å². The molecule has 3 heterocycles. The summed E-state index contributed by atoms with van der Waals surface area (Å²) in [5.41, 5.74) is 4.29. The molecule has 2 fully saturated rings. The second kappa shape index (κ2) is 9.36. The zero-order chi connectivity index (χ0) is 24.7. The Morgan fingerprint density at radius 1 is 0.972 bits per heavy atom. The number of carbonyl (C=O) groups is 2. The third kappa shape index (κ3) is 4.41. The molecule has 2 aliphatic heterocycles. The molecule has 184 valence electrons. The minimum absolute atomic E-state index is 0.0500. The SMILES string of the molecule is O=C([C@@H]1C[C@H]1c1ccc(Cl)cc1)N1CCC2(CC1)Cc1ccccc1CN(Cc1ccncc1)C2=O. The molecule has 36 heavy (non-hydrogen) atoms. The van der Waals surface area contributed by atoms with E-state index in [1.807, 2.05) is 46.2 Å². The zero-order valence-electron chi connectivity index (χ0n) is 20.3. The number of benzene rings is 2. The lowest BCUT2D eigenvalue weighted by Gasteiger charge is -2.42. The summed E-state index contributed by atoms with van der Waals surface area (Å²) in [5, 5.41) is 0.719. The summed E-state index contributed by atoms with van der Waals surface area (Å²) in [5.74, 6) is 0.787. The molecule has 1 saturated heterocycles. The number of pyridine rings is 1. The highest BCUT2D eigenvalue weighted by molar-refractivity contribution is 6.30. The van der Waals surface area contributed by atoms with E-state index in [0.29, 0.717) is 39.0 Å². The smallest absolute Gasteiger partial charge is 0.229 e. The number of amides is 2. The largest absolute Gasteiger partial charge is 0.342 e. The molecule has 1 spiro atoms. The van der Waals surface area contributed by atoms with Gasteiger partial charge in [-0.3, -0.25) is 14.6 Å². The topological polar surface area (TPSA) is 53.5 Å². The second-order valence-electron chi connectivity index (χ2n) is 10.6. The number of hydrogen-bond donors (Lipinski definition) is 0. The van der Waals surface area contributed by atoms with Crippen LogP contribution in [-0.2, 0) is 29.1 Å². The van der Waals surface area contributed by atoms with Crippen LogP contribution in [0.25, 0.3) is 0 Å². The minimum Gasteiger partial charge on any atom is -0.342 e. The molecule has 3 aromatic rings. The van der Waals surface area contributed by atoms with Crippen LogP contribution in [0.5, 0.6) is 0 Å². The summed E-state index contributed by atoms with van der Waals surface area (Å²) in [6.45, 7) is 2.47. The third-order valence-corrected chi connectivity index (χ3v) is 8.56. The molecule has 0 radical (unpaired) electrons. The van der Waals surface area contributed by atoms with Crippen molar-refractivity contribution >= 4 is 23.4 Å². The molecule has 2 aromatic carbocycles. The summed E-state index contributed by atoms with van der Waals surface area (Å²) in [4.78, 5) is 35.5. The van der Waals surface area contributed by atoms with Crippen LogP contribution in [0.15, 0.2) is 73.1 Å². The van der Waals surface area contributed by atoms with Gasteiger partial charge in [-0.1, -0.05) is 48.0 Å². The zero-order valence-corrected chi connectivity index (χ0v) is 21.0. The van der Waals surface area contributed by atoms with Gasteiger partial charge in [-0.2, -0.15) is 0 Å². The van der Waals surface area contributed by atoms with Gasteiger partial charge in [-0.25, -0.2) is 0 Å². The summed E-state index contributed by atoms with van der Waals surface area (Å²) >= 11 is 6.03. The van der Waals surface area contributed by atoms with Crippen LogP contribution < -0.4 is 0 Å². The number of carbonyl (C=O) groups excluding carboxylic acids is 2. The summed E-state index contributed by atoms with van der Waals surface area (Å²) in [7, 11) is 0. The maximum Gasteiger partial charge on any atom is 0.229 e. The van der Waals surface area contributed by atoms with Crippen molar-refractivity contribution in [2.45, 2.75) is 44.7 Å². The molecule has 0 unspecified atom stereocenters. The van der Waals surface area contributed by atoms with Crippen molar-refractivity contribution in [2.24, 2.45) is 11.3 Å². The lowest BCUT2D eigenvalue weighted by atomic mass is 9.72. The van der Waals surface area contributed by atoms with Gasteiger partial charge in [0, 0.05) is 49.5 Å². The Bertz CT molecular complexity index is 1270. The molecular weight excluding hydrogens is 470 g/mol. The van der Waals surface area contributed by atoms with Gasteiger partial charge in [0.25, 0.3) is 0 Å². The van der Waals surface area contributed by atoms with Crippen molar-refractivity contribution < 1.29 is 9.59 Å². The second-order valence-corrected chi connectivity index (χ2v) is 11.0. The first-order valence-corrected chi connectivity index (χ1v) is 13.2. The van der Waals surface area contributed by atoms with Gasteiger partial charge >= 0.3 is 0 Å². The summed E-state index contributed by atoms with van der Waals surface area (Å²) in [6.07, 6.45) is 6.61. The number of fused-ring (bicyclic) bond motifs is 1. The fourth-order valence-electron chi connectivity index (χ4n) is 6.10. The number of rotatable bonds is 4. The first-order chi connectivity index (χ1) is 17.5. The molecule has 0 bridgehead atoms. The standard InChI is InChI=1S/C30H30ClN3O2/c31-25-7-5-22(6-8-25)26-17-27(26)28(35)33-15-11-30(12-16-33)18-23-3-1-2-4-24(23)20-34(29(30)36)19-21-9-13-32-14-10-21/h1-10,13-14,26-27H,11-12,15-20H2/t26-,27+/m0/s1. The molecule has 2 amide bonds. The number of piperidine rings is 1. The van der Waals surface area contributed by atoms with Gasteiger partial charge in [0.05, 0.1) is 5.41 Å². The van der Waals surface area contributed by atoms with E-state index in [2.05, 4.69) is 29.2 Å². The Morgan fingerprint density at radius 2 is 1.67 bits per heavy atom. The normalized spacial score (nSPS) is 22.8. The van der Waals surface area contributed by atoms with Gasteiger partial charge in [0.1, 0.15) is 0 Å². The van der Waals surface area contributed by atoms with Gasteiger partial charge < -0.3 is 9.80 Å². The van der Waals surface area contributed by atoms with Crippen LogP contribution in [-0.4, -0.2) is 39.7 Å². The quantitative estimate of drug-likeness (QED) is 0.493. The van der Waals surface area contributed by atoms with Crippen molar-refractivity contribution in [1.82, 2.24) is 14.8 Å². The number of likely N-dealkylation sites (tertiary alicyclic amines) is 1. The fourth-order valence-corrected chi connectivity index (χ4v) is 6.23. The Labute approximate surface area is 217 Å². The molecule has 5 nitrogen and oxygen atoms in total. The van der Waals surface area contributed by atoms with E-state index in [-0.39, 0.29) is 23.7 Å². The van der Waals surface area contributed by atoms with Crippen molar-refractivity contribution in [2.75, 3.05) is 13.1 Å². The fraction of sp³-hybridized carbons (Fsp3) is 0.367. The molecule has 0 N–H and O–H groups in total. The number of aromatic nitrogens is 1. The highest BCUT2D eigenvalue weighted by Crippen LogP contribution is 2.49. The number of hydrogen-bond acceptors (Lipinski definition) is 3. The third-order valence-electron chi connectivity index (χ3n) is 8.31. The molecule has 1 aromatic heterocycles. The van der Waals surface area contributed by atoms with Crippen LogP contribution in [0.2, 0.25) is 5.02 Å². The molecule has 6 rings (SSSR count). The molecular formula is C30H30ClN3O2.